The molecule has 100 valence electrons. The molecule has 0 unspecified atom stereocenters. The van der Waals surface area contributed by atoms with Gasteiger partial charge in [0.25, 0.3) is 0 Å². The zero-order valence-corrected chi connectivity index (χ0v) is 11.5. The van der Waals surface area contributed by atoms with Crippen molar-refractivity contribution in [2.75, 3.05) is 17.4 Å². The van der Waals surface area contributed by atoms with Crippen LogP contribution in [-0.2, 0) is 0 Å². The van der Waals surface area contributed by atoms with Crippen molar-refractivity contribution >= 4 is 11.6 Å². The average Bonchev–Trinajstić information content (AvgIpc) is 2.46. The summed E-state index contributed by atoms with van der Waals surface area (Å²) in [7, 11) is 2.00. The topological polar surface area (TPSA) is 67.1 Å². The first-order chi connectivity index (χ1) is 9.11. The molecule has 1 aromatic heterocycles. The van der Waals surface area contributed by atoms with Crippen molar-refractivity contribution in [1.29, 1.82) is 0 Å². The van der Waals surface area contributed by atoms with Gasteiger partial charge in [-0.3, -0.25) is 0 Å². The molecule has 19 heavy (non-hydrogen) atoms. The third kappa shape index (κ3) is 3.00. The van der Waals surface area contributed by atoms with Crippen LogP contribution >= 0.6 is 0 Å². The van der Waals surface area contributed by atoms with Crippen LogP contribution in [0.4, 0.5) is 11.6 Å². The minimum atomic E-state index is 0.351. The van der Waals surface area contributed by atoms with Gasteiger partial charge in [-0.2, -0.15) is 0 Å². The average molecular weight is 257 g/mol. The van der Waals surface area contributed by atoms with Gasteiger partial charge in [0.05, 0.1) is 0 Å². The third-order valence-corrected chi connectivity index (χ3v) is 3.03. The summed E-state index contributed by atoms with van der Waals surface area (Å²) in [5.41, 5.74) is 3.56. The summed E-state index contributed by atoms with van der Waals surface area (Å²) in [6, 6.07) is 12.1. The first-order valence-corrected chi connectivity index (χ1v) is 6.25. The van der Waals surface area contributed by atoms with Crippen molar-refractivity contribution in [3.63, 3.8) is 0 Å². The van der Waals surface area contributed by atoms with Crippen LogP contribution in [-0.4, -0.2) is 23.1 Å². The Hall–Kier alpha value is -2.14. The van der Waals surface area contributed by atoms with Gasteiger partial charge in [0, 0.05) is 24.7 Å². The fraction of sp³-hybridized carbons (Fsp3) is 0.286. The zero-order valence-electron chi connectivity index (χ0n) is 11.5. The van der Waals surface area contributed by atoms with Crippen molar-refractivity contribution in [2.45, 2.75) is 19.9 Å². The molecule has 3 N–H and O–H groups in total. The summed E-state index contributed by atoms with van der Waals surface area (Å²) < 4.78 is 0. The Morgan fingerprint density at radius 3 is 2.42 bits per heavy atom. The second-order valence-electron chi connectivity index (χ2n) is 4.65. The Kier molecular flexibility index (Phi) is 3.97. The summed E-state index contributed by atoms with van der Waals surface area (Å²) in [6.45, 7) is 4.22. The second-order valence-corrected chi connectivity index (χ2v) is 4.65. The summed E-state index contributed by atoms with van der Waals surface area (Å²) in [4.78, 5) is 11.1. The van der Waals surface area contributed by atoms with E-state index < -0.39 is 0 Å². The van der Waals surface area contributed by atoms with Gasteiger partial charge in [-0.15, -0.1) is 0 Å². The molecule has 2 aromatic rings. The molecule has 0 radical (unpaired) electrons. The van der Waals surface area contributed by atoms with Crippen LogP contribution in [0.2, 0.25) is 0 Å². The van der Waals surface area contributed by atoms with E-state index in [0.717, 1.165) is 11.4 Å². The number of nitrogens with two attached hydrogens (primary N) is 1. The largest absolute Gasteiger partial charge is 0.357 e. The molecule has 0 bridgehead atoms. The van der Waals surface area contributed by atoms with Crippen molar-refractivity contribution in [3.05, 3.63) is 36.4 Å². The molecule has 0 atom stereocenters. The Balaban J connectivity index is 2.48. The van der Waals surface area contributed by atoms with Gasteiger partial charge in [-0.05, 0) is 13.8 Å². The molecule has 0 spiro atoms. The number of nitrogen functional groups attached to an aromatic ring is 1. The maximum Gasteiger partial charge on any atom is 0.163 e. The molecule has 0 saturated heterocycles. The van der Waals surface area contributed by atoms with Crippen molar-refractivity contribution < 1.29 is 0 Å². The number of rotatable bonds is 4. The highest BCUT2D eigenvalue weighted by Crippen LogP contribution is 2.22. The van der Waals surface area contributed by atoms with Gasteiger partial charge in [0.2, 0.25) is 0 Å². The molecular formula is C14H19N5. The Morgan fingerprint density at radius 2 is 1.84 bits per heavy atom. The van der Waals surface area contributed by atoms with E-state index in [1.807, 2.05) is 43.4 Å². The van der Waals surface area contributed by atoms with Gasteiger partial charge in [0.1, 0.15) is 11.6 Å². The number of benzene rings is 1. The van der Waals surface area contributed by atoms with E-state index in [4.69, 9.17) is 5.84 Å². The zero-order chi connectivity index (χ0) is 13.8. The highest BCUT2D eigenvalue weighted by atomic mass is 15.3. The lowest BCUT2D eigenvalue weighted by Gasteiger charge is -2.23. The fourth-order valence-corrected chi connectivity index (χ4v) is 1.67. The number of nitrogens with one attached hydrogen (secondary N) is 1. The Labute approximate surface area is 113 Å². The highest BCUT2D eigenvalue weighted by Gasteiger charge is 2.11. The quantitative estimate of drug-likeness (QED) is 0.649. The number of hydrogen-bond acceptors (Lipinski definition) is 5. The molecular weight excluding hydrogens is 238 g/mol. The molecule has 5 nitrogen and oxygen atoms in total. The van der Waals surface area contributed by atoms with Gasteiger partial charge in [-0.25, -0.2) is 15.8 Å². The van der Waals surface area contributed by atoms with Crippen LogP contribution in [0.1, 0.15) is 13.8 Å². The monoisotopic (exact) mass is 257 g/mol. The maximum absolute atomic E-state index is 5.48. The highest BCUT2D eigenvalue weighted by molar-refractivity contribution is 5.61. The summed E-state index contributed by atoms with van der Waals surface area (Å²) in [6.07, 6.45) is 0. The molecule has 0 saturated carbocycles. The van der Waals surface area contributed by atoms with Gasteiger partial charge in [0.15, 0.2) is 5.82 Å². The van der Waals surface area contributed by atoms with Gasteiger partial charge >= 0.3 is 0 Å². The minimum absolute atomic E-state index is 0.351. The number of hydrogen-bond donors (Lipinski definition) is 2. The molecule has 0 amide bonds. The third-order valence-electron chi connectivity index (χ3n) is 3.03. The second kappa shape index (κ2) is 5.67. The van der Waals surface area contributed by atoms with E-state index in [2.05, 4.69) is 34.1 Å². The molecule has 0 aliphatic rings. The summed E-state index contributed by atoms with van der Waals surface area (Å²) in [5.74, 6) is 7.60. The predicted octanol–water partition coefficient (Wildman–Crippen LogP) is 2.27. The predicted molar refractivity (Wildman–Crippen MR) is 78.8 cm³/mol. The van der Waals surface area contributed by atoms with E-state index in [0.29, 0.717) is 17.7 Å². The summed E-state index contributed by atoms with van der Waals surface area (Å²) >= 11 is 0. The molecule has 2 rings (SSSR count). The maximum atomic E-state index is 5.48. The molecule has 0 aliphatic carbocycles. The van der Waals surface area contributed by atoms with E-state index in [1.54, 1.807) is 0 Å². The number of anilines is 2. The first-order valence-electron chi connectivity index (χ1n) is 6.25. The SMILES string of the molecule is CC(C)N(C)c1cc(NN)nc(-c2ccccc2)n1. The van der Waals surface area contributed by atoms with Crippen LogP contribution in [0.25, 0.3) is 11.4 Å². The standard InChI is InChI=1S/C14H19N5/c1-10(2)19(3)13-9-12(18-15)16-14(17-13)11-7-5-4-6-8-11/h4-10H,15H2,1-3H3,(H,16,17,18). The first kappa shape index (κ1) is 13.3. The molecule has 1 heterocycles. The van der Waals surface area contributed by atoms with Crippen molar-refractivity contribution in [2.24, 2.45) is 5.84 Å². The van der Waals surface area contributed by atoms with Crippen LogP contribution in [0.15, 0.2) is 36.4 Å². The Morgan fingerprint density at radius 1 is 1.16 bits per heavy atom. The minimum Gasteiger partial charge on any atom is -0.357 e. The van der Waals surface area contributed by atoms with Crippen LogP contribution < -0.4 is 16.2 Å². The van der Waals surface area contributed by atoms with E-state index >= 15 is 0 Å². The molecule has 5 heteroatoms. The number of nitrogens with zero attached hydrogens (tertiary/aromatic N) is 3. The lowest BCUT2D eigenvalue weighted by molar-refractivity contribution is 0.742. The summed E-state index contributed by atoms with van der Waals surface area (Å²) in [5, 5.41) is 0. The number of aromatic nitrogens is 2. The van der Waals surface area contributed by atoms with Gasteiger partial charge < -0.3 is 10.3 Å². The van der Waals surface area contributed by atoms with Crippen molar-refractivity contribution in [3.8, 4) is 11.4 Å². The van der Waals surface area contributed by atoms with Crippen molar-refractivity contribution in [1.82, 2.24) is 9.97 Å². The van der Waals surface area contributed by atoms with E-state index in [-0.39, 0.29) is 0 Å². The smallest absolute Gasteiger partial charge is 0.163 e. The molecule has 0 aliphatic heterocycles. The van der Waals surface area contributed by atoms with Crippen LogP contribution in [0.5, 0.6) is 0 Å². The van der Waals surface area contributed by atoms with Crippen LogP contribution in [0.3, 0.4) is 0 Å². The van der Waals surface area contributed by atoms with Gasteiger partial charge in [-0.1, -0.05) is 30.3 Å². The number of hydrazine groups is 1. The fourth-order valence-electron chi connectivity index (χ4n) is 1.67. The lowest BCUT2D eigenvalue weighted by atomic mass is 10.2. The van der Waals surface area contributed by atoms with E-state index in [1.165, 1.54) is 0 Å². The molecule has 0 fully saturated rings. The normalized spacial score (nSPS) is 10.6. The van der Waals surface area contributed by atoms with E-state index in [9.17, 15) is 0 Å². The van der Waals surface area contributed by atoms with Crippen LogP contribution in [0, 0.1) is 0 Å². The lowest BCUT2D eigenvalue weighted by Crippen LogP contribution is -2.27. The Bertz CT molecular complexity index is 539. The molecule has 1 aromatic carbocycles.